The van der Waals surface area contributed by atoms with Crippen LogP contribution in [0.25, 0.3) is 0 Å². The molecule has 0 unspecified atom stereocenters. The van der Waals surface area contributed by atoms with Crippen LogP contribution in [0, 0.1) is 0 Å². The Kier molecular flexibility index (Phi) is 4.46. The first-order chi connectivity index (χ1) is 10.2. The third kappa shape index (κ3) is 3.57. The molecule has 3 nitrogen and oxygen atoms in total. The van der Waals surface area contributed by atoms with Gasteiger partial charge in [0.1, 0.15) is 5.75 Å². The molecule has 1 heterocycles. The van der Waals surface area contributed by atoms with Gasteiger partial charge in [0, 0.05) is 37.2 Å². The zero-order valence-corrected chi connectivity index (χ0v) is 13.5. The van der Waals surface area contributed by atoms with Gasteiger partial charge in [0.05, 0.1) is 5.69 Å². The summed E-state index contributed by atoms with van der Waals surface area (Å²) in [6.07, 6.45) is 0. The van der Waals surface area contributed by atoms with Crippen LogP contribution in [0.5, 0.6) is 5.75 Å². The van der Waals surface area contributed by atoms with Crippen LogP contribution in [0.15, 0.2) is 53.0 Å². The van der Waals surface area contributed by atoms with Crippen molar-refractivity contribution in [2.75, 3.05) is 31.1 Å². The van der Waals surface area contributed by atoms with Gasteiger partial charge in [-0.15, -0.1) is 0 Å². The molecule has 21 heavy (non-hydrogen) atoms. The zero-order chi connectivity index (χ0) is 14.7. The first kappa shape index (κ1) is 14.4. The normalized spacial score (nSPS) is 16.1. The molecule has 1 aliphatic heterocycles. The van der Waals surface area contributed by atoms with Crippen molar-refractivity contribution in [2.45, 2.75) is 6.54 Å². The van der Waals surface area contributed by atoms with Crippen molar-refractivity contribution < 1.29 is 5.11 Å². The van der Waals surface area contributed by atoms with E-state index in [9.17, 15) is 5.11 Å². The van der Waals surface area contributed by atoms with Gasteiger partial charge in [-0.25, -0.2) is 0 Å². The minimum Gasteiger partial charge on any atom is -0.506 e. The molecule has 0 amide bonds. The Morgan fingerprint density at radius 3 is 2.38 bits per heavy atom. The molecular formula is C17H19BrN2O. The van der Waals surface area contributed by atoms with Crippen LogP contribution in [0.4, 0.5) is 5.69 Å². The third-order valence-electron chi connectivity index (χ3n) is 3.90. The Morgan fingerprint density at radius 1 is 0.952 bits per heavy atom. The average molecular weight is 347 g/mol. The third-order valence-corrected chi connectivity index (χ3v) is 4.39. The highest BCUT2D eigenvalue weighted by atomic mass is 79.9. The summed E-state index contributed by atoms with van der Waals surface area (Å²) in [5.41, 5.74) is 2.28. The molecule has 0 aliphatic carbocycles. The number of hydrogen-bond donors (Lipinski definition) is 1. The highest BCUT2D eigenvalue weighted by molar-refractivity contribution is 9.10. The van der Waals surface area contributed by atoms with Crippen LogP contribution >= 0.6 is 15.9 Å². The summed E-state index contributed by atoms with van der Waals surface area (Å²) < 4.78 is 1.00. The second-order valence-corrected chi connectivity index (χ2v) is 6.30. The summed E-state index contributed by atoms with van der Waals surface area (Å²) >= 11 is 3.47. The van der Waals surface area contributed by atoms with Gasteiger partial charge < -0.3 is 10.0 Å². The molecule has 1 saturated heterocycles. The smallest absolute Gasteiger partial charge is 0.138 e. The van der Waals surface area contributed by atoms with Gasteiger partial charge in [-0.1, -0.05) is 46.3 Å². The van der Waals surface area contributed by atoms with Crippen LogP contribution in [0.1, 0.15) is 5.56 Å². The van der Waals surface area contributed by atoms with E-state index in [1.54, 1.807) is 6.07 Å². The lowest BCUT2D eigenvalue weighted by Gasteiger charge is -2.36. The number of anilines is 1. The molecule has 0 bridgehead atoms. The van der Waals surface area contributed by atoms with Crippen molar-refractivity contribution in [3.63, 3.8) is 0 Å². The van der Waals surface area contributed by atoms with Crippen LogP contribution in [-0.2, 0) is 6.54 Å². The van der Waals surface area contributed by atoms with Crippen molar-refractivity contribution in [2.24, 2.45) is 0 Å². The first-order valence-electron chi connectivity index (χ1n) is 7.22. The fourth-order valence-electron chi connectivity index (χ4n) is 2.74. The minimum atomic E-state index is 0.356. The standard InChI is InChI=1S/C17H19BrN2O/c18-15-6-7-17(21)16(12-15)20-10-8-19(9-11-20)13-14-4-2-1-3-5-14/h1-7,12,21H,8-11,13H2. The van der Waals surface area contributed by atoms with Crippen LogP contribution in [-0.4, -0.2) is 36.2 Å². The number of aromatic hydroxyl groups is 1. The second kappa shape index (κ2) is 6.50. The SMILES string of the molecule is Oc1ccc(Br)cc1N1CCN(Cc2ccccc2)CC1. The first-order valence-corrected chi connectivity index (χ1v) is 8.01. The lowest BCUT2D eigenvalue weighted by molar-refractivity contribution is 0.249. The Morgan fingerprint density at radius 2 is 1.67 bits per heavy atom. The molecule has 0 saturated carbocycles. The number of halogens is 1. The Hall–Kier alpha value is -1.52. The molecule has 1 N–H and O–H groups in total. The lowest BCUT2D eigenvalue weighted by atomic mass is 10.2. The minimum absolute atomic E-state index is 0.356. The van der Waals surface area contributed by atoms with Crippen LogP contribution in [0.3, 0.4) is 0 Å². The largest absolute Gasteiger partial charge is 0.506 e. The number of piperazine rings is 1. The summed E-state index contributed by atoms with van der Waals surface area (Å²) in [6, 6.07) is 16.2. The molecule has 0 spiro atoms. The molecule has 4 heteroatoms. The van der Waals surface area contributed by atoms with Crippen molar-refractivity contribution >= 4 is 21.6 Å². The summed E-state index contributed by atoms with van der Waals surface area (Å²) in [5.74, 6) is 0.356. The van der Waals surface area contributed by atoms with E-state index in [0.717, 1.165) is 42.9 Å². The highest BCUT2D eigenvalue weighted by Crippen LogP contribution is 2.31. The van der Waals surface area contributed by atoms with E-state index in [0.29, 0.717) is 5.75 Å². The van der Waals surface area contributed by atoms with Gasteiger partial charge >= 0.3 is 0 Å². The van der Waals surface area contributed by atoms with Crippen molar-refractivity contribution in [1.82, 2.24) is 4.90 Å². The Balaban J connectivity index is 1.61. The number of benzene rings is 2. The molecule has 2 aromatic carbocycles. The maximum absolute atomic E-state index is 10.0. The molecule has 110 valence electrons. The summed E-state index contributed by atoms with van der Waals surface area (Å²) in [7, 11) is 0. The number of hydrogen-bond acceptors (Lipinski definition) is 3. The fourth-order valence-corrected chi connectivity index (χ4v) is 3.09. The fraction of sp³-hybridized carbons (Fsp3) is 0.294. The second-order valence-electron chi connectivity index (χ2n) is 5.38. The maximum atomic E-state index is 10.0. The van der Waals surface area contributed by atoms with Gasteiger partial charge in [-0.3, -0.25) is 4.90 Å². The van der Waals surface area contributed by atoms with Crippen molar-refractivity contribution in [1.29, 1.82) is 0 Å². The number of phenolic OH excluding ortho intramolecular Hbond substituents is 1. The Labute approximate surface area is 133 Å². The van der Waals surface area contributed by atoms with E-state index in [2.05, 4.69) is 56.1 Å². The topological polar surface area (TPSA) is 26.7 Å². The molecule has 2 aromatic rings. The van der Waals surface area contributed by atoms with Gasteiger partial charge in [0.2, 0.25) is 0 Å². The molecule has 0 radical (unpaired) electrons. The highest BCUT2D eigenvalue weighted by Gasteiger charge is 2.19. The molecule has 1 aliphatic rings. The van der Waals surface area contributed by atoms with Gasteiger partial charge in [-0.05, 0) is 23.8 Å². The predicted molar refractivity (Wildman–Crippen MR) is 89.7 cm³/mol. The lowest BCUT2D eigenvalue weighted by Crippen LogP contribution is -2.46. The van der Waals surface area contributed by atoms with Gasteiger partial charge in [0.15, 0.2) is 0 Å². The summed E-state index contributed by atoms with van der Waals surface area (Å²) in [4.78, 5) is 4.71. The number of rotatable bonds is 3. The van der Waals surface area contributed by atoms with E-state index >= 15 is 0 Å². The van der Waals surface area contributed by atoms with E-state index in [-0.39, 0.29) is 0 Å². The van der Waals surface area contributed by atoms with Crippen LogP contribution in [0.2, 0.25) is 0 Å². The molecule has 0 aromatic heterocycles. The van der Waals surface area contributed by atoms with E-state index in [1.165, 1.54) is 5.56 Å². The Bertz CT molecular complexity index is 595. The van der Waals surface area contributed by atoms with E-state index < -0.39 is 0 Å². The van der Waals surface area contributed by atoms with E-state index in [4.69, 9.17) is 0 Å². The maximum Gasteiger partial charge on any atom is 0.138 e. The number of phenols is 1. The monoisotopic (exact) mass is 346 g/mol. The molecule has 0 atom stereocenters. The summed E-state index contributed by atoms with van der Waals surface area (Å²) in [5, 5.41) is 10.0. The number of nitrogens with zero attached hydrogens (tertiary/aromatic N) is 2. The van der Waals surface area contributed by atoms with Crippen molar-refractivity contribution in [3.05, 3.63) is 58.6 Å². The van der Waals surface area contributed by atoms with Crippen molar-refractivity contribution in [3.8, 4) is 5.75 Å². The predicted octanol–water partition coefficient (Wildman–Crippen LogP) is 3.48. The van der Waals surface area contributed by atoms with E-state index in [1.807, 2.05) is 12.1 Å². The molecule has 3 rings (SSSR count). The zero-order valence-electron chi connectivity index (χ0n) is 11.9. The van der Waals surface area contributed by atoms with Gasteiger partial charge in [0.25, 0.3) is 0 Å². The molecule has 1 fully saturated rings. The van der Waals surface area contributed by atoms with Gasteiger partial charge in [-0.2, -0.15) is 0 Å². The average Bonchev–Trinajstić information content (AvgIpc) is 2.52. The quantitative estimate of drug-likeness (QED) is 0.921. The van der Waals surface area contributed by atoms with Crippen LogP contribution < -0.4 is 4.90 Å². The molecular weight excluding hydrogens is 328 g/mol. The summed E-state index contributed by atoms with van der Waals surface area (Å²) in [6.45, 7) is 4.91.